The van der Waals surface area contributed by atoms with Crippen molar-refractivity contribution in [1.82, 2.24) is 9.88 Å². The van der Waals surface area contributed by atoms with Crippen LogP contribution in [-0.2, 0) is 11.3 Å². The number of pyridine rings is 1. The predicted molar refractivity (Wildman–Crippen MR) is 116 cm³/mol. The summed E-state index contributed by atoms with van der Waals surface area (Å²) in [5.74, 6) is 0.140. The van der Waals surface area contributed by atoms with Gasteiger partial charge in [-0.1, -0.05) is 30.8 Å². The maximum atomic E-state index is 12.4. The van der Waals surface area contributed by atoms with Gasteiger partial charge >= 0.3 is 0 Å². The van der Waals surface area contributed by atoms with Crippen molar-refractivity contribution in [2.45, 2.75) is 33.2 Å². The van der Waals surface area contributed by atoms with Gasteiger partial charge in [0.2, 0.25) is 5.91 Å². The third-order valence-electron chi connectivity index (χ3n) is 5.52. The van der Waals surface area contributed by atoms with Crippen LogP contribution in [0.25, 0.3) is 11.1 Å². The van der Waals surface area contributed by atoms with E-state index in [0.29, 0.717) is 13.1 Å². The molecule has 3 heterocycles. The maximum absolute atomic E-state index is 12.4. The molecule has 1 amide bonds. The highest BCUT2D eigenvalue weighted by Crippen LogP contribution is 2.42. The van der Waals surface area contributed by atoms with E-state index in [1.165, 1.54) is 43.6 Å². The lowest BCUT2D eigenvalue weighted by atomic mass is 9.82. The first-order chi connectivity index (χ1) is 13.5. The minimum absolute atomic E-state index is 0.00655. The van der Waals surface area contributed by atoms with Gasteiger partial charge in [-0.25, -0.2) is 0 Å². The fraction of sp³-hybridized carbons (Fsp3) is 0.250. The number of benzene rings is 1. The van der Waals surface area contributed by atoms with E-state index in [-0.39, 0.29) is 11.8 Å². The Morgan fingerprint density at radius 1 is 1.21 bits per heavy atom. The molecule has 28 heavy (non-hydrogen) atoms. The molecule has 0 aliphatic carbocycles. The zero-order valence-electron chi connectivity index (χ0n) is 16.5. The number of rotatable bonds is 3. The molecule has 0 saturated carbocycles. The Kier molecular flexibility index (Phi) is 4.90. The van der Waals surface area contributed by atoms with Crippen molar-refractivity contribution in [3.63, 3.8) is 0 Å². The monoisotopic (exact) mass is 388 g/mol. The van der Waals surface area contributed by atoms with Crippen molar-refractivity contribution < 1.29 is 4.79 Å². The van der Waals surface area contributed by atoms with E-state index in [1.807, 2.05) is 11.1 Å². The highest BCUT2D eigenvalue weighted by atomic mass is 32.1. The summed E-state index contributed by atoms with van der Waals surface area (Å²) in [6.45, 7) is 11.4. The number of hydrogen-bond donors (Lipinski definition) is 0. The molecule has 0 bridgehead atoms. The summed E-state index contributed by atoms with van der Waals surface area (Å²) >= 11 is 1.79. The average Bonchev–Trinajstić information content (AvgIpc) is 3.07. The predicted octanol–water partition coefficient (Wildman–Crippen LogP) is 5.40. The lowest BCUT2D eigenvalue weighted by Crippen LogP contribution is -2.37. The Balaban J connectivity index is 1.89. The quantitative estimate of drug-likeness (QED) is 0.563. The molecule has 0 unspecified atom stereocenters. The average molecular weight is 389 g/mol. The van der Waals surface area contributed by atoms with Crippen LogP contribution in [0.4, 0.5) is 0 Å². The summed E-state index contributed by atoms with van der Waals surface area (Å²) in [6.07, 6.45) is 3.28. The van der Waals surface area contributed by atoms with Gasteiger partial charge in [0.05, 0.1) is 6.54 Å². The molecular weight excluding hydrogens is 364 g/mol. The molecule has 0 N–H and O–H groups in total. The van der Waals surface area contributed by atoms with Gasteiger partial charge in [-0.05, 0) is 61.2 Å². The first-order valence-corrected chi connectivity index (χ1v) is 10.3. The highest BCUT2D eigenvalue weighted by molar-refractivity contribution is 7.12. The van der Waals surface area contributed by atoms with Crippen LogP contribution < -0.4 is 0 Å². The second-order valence-corrected chi connectivity index (χ2v) is 8.73. The zero-order valence-corrected chi connectivity index (χ0v) is 17.3. The fourth-order valence-electron chi connectivity index (χ4n) is 4.25. The van der Waals surface area contributed by atoms with E-state index < -0.39 is 0 Å². The Bertz CT molecular complexity index is 1050. The Labute approximate surface area is 170 Å². The van der Waals surface area contributed by atoms with E-state index in [2.05, 4.69) is 68.7 Å². The van der Waals surface area contributed by atoms with Crippen LogP contribution in [0.2, 0.25) is 0 Å². The number of aromatic nitrogens is 1. The van der Waals surface area contributed by atoms with Crippen LogP contribution in [0, 0.1) is 20.8 Å². The summed E-state index contributed by atoms with van der Waals surface area (Å²) in [5, 5.41) is 0. The Morgan fingerprint density at radius 3 is 2.75 bits per heavy atom. The van der Waals surface area contributed by atoms with E-state index >= 15 is 0 Å². The smallest absolute Gasteiger partial charge is 0.246 e. The minimum atomic E-state index is -0.00655. The summed E-state index contributed by atoms with van der Waals surface area (Å²) in [4.78, 5) is 21.4. The first kappa shape index (κ1) is 18.6. The number of amides is 1. The molecule has 1 atom stereocenters. The van der Waals surface area contributed by atoms with Gasteiger partial charge in [0, 0.05) is 39.7 Å². The maximum Gasteiger partial charge on any atom is 0.246 e. The second kappa shape index (κ2) is 7.36. The molecule has 1 aliphatic rings. The number of carbonyl (C=O) groups excluding carboxylic acids is 1. The molecule has 3 nitrogen and oxygen atoms in total. The fourth-order valence-corrected chi connectivity index (χ4v) is 5.36. The van der Waals surface area contributed by atoms with Crippen LogP contribution in [0.1, 0.15) is 38.1 Å². The third-order valence-corrected chi connectivity index (χ3v) is 6.57. The summed E-state index contributed by atoms with van der Waals surface area (Å²) < 4.78 is 0. The van der Waals surface area contributed by atoms with Crippen molar-refractivity contribution in [3.05, 3.63) is 87.4 Å². The lowest BCUT2D eigenvalue weighted by molar-refractivity contribution is -0.127. The molecule has 1 aromatic carbocycles. The zero-order chi connectivity index (χ0) is 19.8. The van der Waals surface area contributed by atoms with Gasteiger partial charge in [0.25, 0.3) is 0 Å². The number of hydrogen-bond acceptors (Lipinski definition) is 3. The summed E-state index contributed by atoms with van der Waals surface area (Å²) in [5.41, 5.74) is 7.25. The molecule has 142 valence electrons. The van der Waals surface area contributed by atoms with Gasteiger partial charge in [-0.15, -0.1) is 11.3 Å². The normalized spacial score (nSPS) is 16.0. The van der Waals surface area contributed by atoms with Crippen LogP contribution in [0.15, 0.2) is 55.3 Å². The third kappa shape index (κ3) is 3.18. The van der Waals surface area contributed by atoms with Crippen molar-refractivity contribution in [1.29, 1.82) is 0 Å². The molecule has 0 spiro atoms. The van der Waals surface area contributed by atoms with Crippen molar-refractivity contribution in [2.75, 3.05) is 6.54 Å². The largest absolute Gasteiger partial charge is 0.333 e. The summed E-state index contributed by atoms with van der Waals surface area (Å²) in [6, 6.07) is 12.9. The minimum Gasteiger partial charge on any atom is -0.333 e. The van der Waals surface area contributed by atoms with E-state index in [0.717, 1.165) is 5.69 Å². The molecule has 3 aromatic rings. The molecule has 0 fully saturated rings. The van der Waals surface area contributed by atoms with Crippen LogP contribution >= 0.6 is 11.3 Å². The lowest BCUT2D eigenvalue weighted by Gasteiger charge is -2.33. The van der Waals surface area contributed by atoms with Gasteiger partial charge in [0.15, 0.2) is 0 Å². The standard InChI is InChI=1S/C24H24N2OS/c1-5-23(27)26-13-21(20-12-16(3)28-22(20)14-26)18-8-6-7-9-19(18)24-15(2)10-11-25-17(24)4/h5-12,21H,1,13-14H2,2-4H3/t21-/m1/s1. The molecule has 4 heteroatoms. The Hall–Kier alpha value is -2.72. The van der Waals surface area contributed by atoms with E-state index in [4.69, 9.17) is 0 Å². The number of nitrogens with zero attached hydrogens (tertiary/aromatic N) is 2. The van der Waals surface area contributed by atoms with Gasteiger partial charge in [-0.3, -0.25) is 9.78 Å². The molecule has 0 radical (unpaired) electrons. The number of thiophene rings is 1. The first-order valence-electron chi connectivity index (χ1n) is 9.51. The highest BCUT2D eigenvalue weighted by Gasteiger charge is 2.31. The number of fused-ring (bicyclic) bond motifs is 1. The molecule has 0 saturated heterocycles. The molecular formula is C24H24N2OS. The van der Waals surface area contributed by atoms with Crippen LogP contribution in [-0.4, -0.2) is 22.3 Å². The van der Waals surface area contributed by atoms with Crippen LogP contribution in [0.3, 0.4) is 0 Å². The van der Waals surface area contributed by atoms with E-state index in [1.54, 1.807) is 11.3 Å². The number of aryl methyl sites for hydroxylation is 3. The SMILES string of the molecule is C=CC(=O)N1Cc2sc(C)cc2[C@@H](c2ccccc2-c2c(C)ccnc2C)C1. The van der Waals surface area contributed by atoms with Crippen molar-refractivity contribution in [3.8, 4) is 11.1 Å². The van der Waals surface area contributed by atoms with Gasteiger partial charge in [0.1, 0.15) is 0 Å². The van der Waals surface area contributed by atoms with Gasteiger partial charge in [-0.2, -0.15) is 0 Å². The molecule has 2 aromatic heterocycles. The topological polar surface area (TPSA) is 33.2 Å². The van der Waals surface area contributed by atoms with Crippen molar-refractivity contribution in [2.24, 2.45) is 0 Å². The van der Waals surface area contributed by atoms with Crippen LogP contribution in [0.5, 0.6) is 0 Å². The van der Waals surface area contributed by atoms with Gasteiger partial charge < -0.3 is 4.90 Å². The number of carbonyl (C=O) groups is 1. The second-order valence-electron chi connectivity index (χ2n) is 7.39. The molecule has 1 aliphatic heterocycles. The Morgan fingerprint density at radius 2 is 2.00 bits per heavy atom. The van der Waals surface area contributed by atoms with Crippen molar-refractivity contribution >= 4 is 17.2 Å². The summed E-state index contributed by atoms with van der Waals surface area (Å²) in [7, 11) is 0. The van der Waals surface area contributed by atoms with E-state index in [9.17, 15) is 4.79 Å². The molecule has 4 rings (SSSR count).